The summed E-state index contributed by atoms with van der Waals surface area (Å²) in [6, 6.07) is 0.594. The highest BCUT2D eigenvalue weighted by atomic mass is 16.2. The number of amides is 1. The average Bonchev–Trinajstić information content (AvgIpc) is 2.95. The molecular formula is C14H24N2O. The highest BCUT2D eigenvalue weighted by Gasteiger charge is 2.49. The molecule has 1 saturated heterocycles. The molecule has 3 aliphatic rings. The van der Waals surface area contributed by atoms with E-state index >= 15 is 0 Å². The molecule has 1 N–H and O–H groups in total. The van der Waals surface area contributed by atoms with Gasteiger partial charge < -0.3 is 10.2 Å². The molecule has 1 amide bonds. The lowest BCUT2D eigenvalue weighted by atomic mass is 9.92. The summed E-state index contributed by atoms with van der Waals surface area (Å²) in [4.78, 5) is 14.5. The first kappa shape index (κ1) is 11.5. The highest BCUT2D eigenvalue weighted by Crippen LogP contribution is 2.54. The molecule has 3 rings (SSSR count). The fourth-order valence-corrected chi connectivity index (χ4v) is 3.95. The molecule has 0 radical (unpaired) electrons. The van der Waals surface area contributed by atoms with Crippen LogP contribution in [0.3, 0.4) is 0 Å². The van der Waals surface area contributed by atoms with Crippen molar-refractivity contribution in [1.82, 2.24) is 10.2 Å². The van der Waals surface area contributed by atoms with E-state index in [2.05, 4.69) is 17.1 Å². The number of carbonyl (C=O) groups is 1. The molecule has 0 spiro atoms. The zero-order chi connectivity index (χ0) is 12.0. The van der Waals surface area contributed by atoms with Crippen molar-refractivity contribution in [2.45, 2.75) is 38.6 Å². The third kappa shape index (κ3) is 2.10. The number of likely N-dealkylation sites (tertiary alicyclic amines) is 1. The summed E-state index contributed by atoms with van der Waals surface area (Å²) in [6.07, 6.45) is 4.89. The van der Waals surface area contributed by atoms with Crippen molar-refractivity contribution in [1.29, 1.82) is 0 Å². The number of nitrogens with one attached hydrogen (secondary N) is 1. The summed E-state index contributed by atoms with van der Waals surface area (Å²) in [5.74, 6) is 3.25. The average molecular weight is 236 g/mol. The molecule has 1 aliphatic heterocycles. The Labute approximate surface area is 104 Å². The van der Waals surface area contributed by atoms with Crippen LogP contribution in [0.4, 0.5) is 0 Å². The number of nitrogens with zero attached hydrogens (tertiary/aromatic N) is 1. The van der Waals surface area contributed by atoms with Crippen molar-refractivity contribution in [2.75, 3.05) is 20.1 Å². The van der Waals surface area contributed by atoms with E-state index in [1.807, 2.05) is 7.05 Å². The van der Waals surface area contributed by atoms with E-state index in [1.54, 1.807) is 0 Å². The summed E-state index contributed by atoms with van der Waals surface area (Å²) in [5, 5.41) is 3.36. The van der Waals surface area contributed by atoms with Gasteiger partial charge in [0.05, 0.1) is 0 Å². The fourth-order valence-electron chi connectivity index (χ4n) is 3.95. The van der Waals surface area contributed by atoms with Gasteiger partial charge in [-0.1, -0.05) is 6.92 Å². The molecule has 4 atom stereocenters. The van der Waals surface area contributed by atoms with Crippen LogP contribution in [0, 0.1) is 23.7 Å². The van der Waals surface area contributed by atoms with Gasteiger partial charge in [0, 0.05) is 25.0 Å². The van der Waals surface area contributed by atoms with E-state index in [0.717, 1.165) is 31.3 Å². The summed E-state index contributed by atoms with van der Waals surface area (Å²) < 4.78 is 0. The Kier molecular flexibility index (Phi) is 2.89. The minimum absolute atomic E-state index is 0.372. The molecule has 0 aromatic rings. The zero-order valence-corrected chi connectivity index (χ0v) is 11.0. The second-order valence-electron chi connectivity index (χ2n) is 6.37. The maximum Gasteiger partial charge on any atom is 0.225 e. The van der Waals surface area contributed by atoms with Gasteiger partial charge in [0.2, 0.25) is 5.91 Å². The van der Waals surface area contributed by atoms with Crippen LogP contribution in [-0.4, -0.2) is 37.0 Å². The number of hydrogen-bond donors (Lipinski definition) is 1. The quantitative estimate of drug-likeness (QED) is 0.788. The summed E-state index contributed by atoms with van der Waals surface area (Å²) in [7, 11) is 2.03. The standard InChI is InChI=1S/C14H24N2O/c1-9-8-16(4-3-13(9)15-2)14(17)12-6-10-5-11(10)7-12/h9-13,15H,3-8H2,1-2H3. The van der Waals surface area contributed by atoms with Crippen LogP contribution in [0.1, 0.15) is 32.6 Å². The van der Waals surface area contributed by atoms with E-state index < -0.39 is 0 Å². The Bertz CT molecular complexity index is 307. The number of fused-ring (bicyclic) bond motifs is 1. The first-order chi connectivity index (χ1) is 8.19. The van der Waals surface area contributed by atoms with Crippen molar-refractivity contribution in [3.8, 4) is 0 Å². The number of rotatable bonds is 2. The van der Waals surface area contributed by atoms with Gasteiger partial charge in [-0.15, -0.1) is 0 Å². The topological polar surface area (TPSA) is 32.3 Å². The molecule has 3 fully saturated rings. The lowest BCUT2D eigenvalue weighted by Crippen LogP contribution is -2.50. The molecule has 2 saturated carbocycles. The molecule has 1 heterocycles. The number of carbonyl (C=O) groups excluding carboxylic acids is 1. The number of hydrogen-bond acceptors (Lipinski definition) is 2. The molecular weight excluding hydrogens is 212 g/mol. The second kappa shape index (κ2) is 4.27. The first-order valence-corrected chi connectivity index (χ1v) is 7.15. The van der Waals surface area contributed by atoms with Crippen molar-refractivity contribution in [3.63, 3.8) is 0 Å². The Morgan fingerprint density at radius 3 is 2.53 bits per heavy atom. The lowest BCUT2D eigenvalue weighted by Gasteiger charge is -2.38. The van der Waals surface area contributed by atoms with Crippen molar-refractivity contribution >= 4 is 5.91 Å². The molecule has 4 unspecified atom stereocenters. The Morgan fingerprint density at radius 1 is 1.24 bits per heavy atom. The Balaban J connectivity index is 1.56. The third-order valence-electron chi connectivity index (χ3n) is 5.18. The maximum absolute atomic E-state index is 12.4. The van der Waals surface area contributed by atoms with Gasteiger partial charge in [0.1, 0.15) is 0 Å². The van der Waals surface area contributed by atoms with E-state index in [4.69, 9.17) is 0 Å². The summed E-state index contributed by atoms with van der Waals surface area (Å²) in [6.45, 7) is 4.17. The minimum atomic E-state index is 0.372. The van der Waals surface area contributed by atoms with E-state index in [9.17, 15) is 4.79 Å². The van der Waals surface area contributed by atoms with Crippen molar-refractivity contribution in [2.24, 2.45) is 23.7 Å². The van der Waals surface area contributed by atoms with Crippen LogP contribution >= 0.6 is 0 Å². The first-order valence-electron chi connectivity index (χ1n) is 7.15. The van der Waals surface area contributed by atoms with Gasteiger partial charge in [0.25, 0.3) is 0 Å². The second-order valence-corrected chi connectivity index (χ2v) is 6.37. The molecule has 0 aromatic heterocycles. The van der Waals surface area contributed by atoms with Crippen LogP contribution in [-0.2, 0) is 4.79 Å². The lowest BCUT2D eigenvalue weighted by molar-refractivity contribution is -0.137. The largest absolute Gasteiger partial charge is 0.342 e. The van der Waals surface area contributed by atoms with Crippen LogP contribution < -0.4 is 5.32 Å². The SMILES string of the molecule is CNC1CCN(C(=O)C2CC3CC3C2)CC1C. The summed E-state index contributed by atoms with van der Waals surface area (Å²) in [5.41, 5.74) is 0. The zero-order valence-electron chi connectivity index (χ0n) is 11.0. The Morgan fingerprint density at radius 2 is 1.94 bits per heavy atom. The van der Waals surface area contributed by atoms with E-state index in [1.165, 1.54) is 19.3 Å². The van der Waals surface area contributed by atoms with Gasteiger partial charge >= 0.3 is 0 Å². The summed E-state index contributed by atoms with van der Waals surface area (Å²) >= 11 is 0. The van der Waals surface area contributed by atoms with Gasteiger partial charge in [-0.25, -0.2) is 0 Å². The molecule has 2 aliphatic carbocycles. The van der Waals surface area contributed by atoms with Crippen LogP contribution in [0.25, 0.3) is 0 Å². The third-order valence-corrected chi connectivity index (χ3v) is 5.18. The maximum atomic E-state index is 12.4. The number of piperidine rings is 1. The van der Waals surface area contributed by atoms with Crippen molar-refractivity contribution < 1.29 is 4.79 Å². The van der Waals surface area contributed by atoms with Gasteiger partial charge in [-0.3, -0.25) is 4.79 Å². The van der Waals surface area contributed by atoms with Crippen LogP contribution in [0.5, 0.6) is 0 Å². The van der Waals surface area contributed by atoms with Crippen LogP contribution in [0.15, 0.2) is 0 Å². The van der Waals surface area contributed by atoms with Crippen molar-refractivity contribution in [3.05, 3.63) is 0 Å². The molecule has 0 aromatic carbocycles. The minimum Gasteiger partial charge on any atom is -0.342 e. The molecule has 3 heteroatoms. The van der Waals surface area contributed by atoms with E-state index in [0.29, 0.717) is 23.8 Å². The van der Waals surface area contributed by atoms with Crippen LogP contribution in [0.2, 0.25) is 0 Å². The Hall–Kier alpha value is -0.570. The molecule has 3 nitrogen and oxygen atoms in total. The molecule has 96 valence electrons. The normalized spacial score (nSPS) is 44.6. The fraction of sp³-hybridized carbons (Fsp3) is 0.929. The van der Waals surface area contributed by atoms with Gasteiger partial charge in [0.15, 0.2) is 0 Å². The predicted molar refractivity (Wildman–Crippen MR) is 67.5 cm³/mol. The molecule has 17 heavy (non-hydrogen) atoms. The van der Waals surface area contributed by atoms with Gasteiger partial charge in [-0.05, 0) is 50.5 Å². The van der Waals surface area contributed by atoms with Gasteiger partial charge in [-0.2, -0.15) is 0 Å². The monoisotopic (exact) mass is 236 g/mol. The van der Waals surface area contributed by atoms with E-state index in [-0.39, 0.29) is 0 Å². The smallest absolute Gasteiger partial charge is 0.225 e. The highest BCUT2D eigenvalue weighted by molar-refractivity contribution is 5.79. The predicted octanol–water partition coefficient (Wildman–Crippen LogP) is 1.49. The molecule has 0 bridgehead atoms.